The van der Waals surface area contributed by atoms with Crippen molar-refractivity contribution in [3.63, 3.8) is 0 Å². The van der Waals surface area contributed by atoms with E-state index in [9.17, 15) is 9.59 Å². The molecule has 1 rings (SSSR count). The molecule has 0 saturated carbocycles. The highest BCUT2D eigenvalue weighted by molar-refractivity contribution is 5.85. The van der Waals surface area contributed by atoms with Gasteiger partial charge < -0.3 is 16.0 Å². The molecule has 17 heavy (non-hydrogen) atoms. The Morgan fingerprint density at radius 3 is 2.59 bits per heavy atom. The van der Waals surface area contributed by atoms with Crippen LogP contribution in [0.3, 0.4) is 0 Å². The van der Waals surface area contributed by atoms with Crippen LogP contribution in [0.25, 0.3) is 0 Å². The normalized spacial score (nSPS) is 16.9. The molecular formula is C12H23N3O2. The van der Waals surface area contributed by atoms with Crippen molar-refractivity contribution in [2.24, 2.45) is 11.7 Å². The average molecular weight is 241 g/mol. The lowest BCUT2D eigenvalue weighted by molar-refractivity contribution is -0.133. The second-order valence-electron chi connectivity index (χ2n) is 4.64. The van der Waals surface area contributed by atoms with Crippen molar-refractivity contribution >= 4 is 11.8 Å². The maximum absolute atomic E-state index is 11.7. The van der Waals surface area contributed by atoms with Crippen molar-refractivity contribution in [3.05, 3.63) is 0 Å². The third-order valence-electron chi connectivity index (χ3n) is 3.16. The number of likely N-dealkylation sites (tertiary alicyclic amines) is 1. The van der Waals surface area contributed by atoms with Gasteiger partial charge in [0.1, 0.15) is 0 Å². The molecule has 0 aromatic rings. The van der Waals surface area contributed by atoms with Crippen LogP contribution in [-0.4, -0.2) is 42.9 Å². The highest BCUT2D eigenvalue weighted by Crippen LogP contribution is 2.07. The van der Waals surface area contributed by atoms with Crippen LogP contribution >= 0.6 is 0 Å². The number of nitrogens with two attached hydrogens (primary N) is 1. The van der Waals surface area contributed by atoms with E-state index in [-0.39, 0.29) is 24.3 Å². The maximum atomic E-state index is 11.7. The van der Waals surface area contributed by atoms with Crippen molar-refractivity contribution in [2.45, 2.75) is 32.6 Å². The Hall–Kier alpha value is -1.10. The van der Waals surface area contributed by atoms with Gasteiger partial charge in [0.2, 0.25) is 11.8 Å². The molecule has 0 spiro atoms. The number of rotatable bonds is 6. The van der Waals surface area contributed by atoms with Gasteiger partial charge >= 0.3 is 0 Å². The van der Waals surface area contributed by atoms with Gasteiger partial charge in [-0.1, -0.05) is 6.92 Å². The predicted molar refractivity (Wildman–Crippen MR) is 66.3 cm³/mol. The highest BCUT2D eigenvalue weighted by Gasteiger charge is 2.19. The van der Waals surface area contributed by atoms with Crippen LogP contribution in [0, 0.1) is 5.92 Å². The second kappa shape index (κ2) is 7.27. The minimum atomic E-state index is -0.0649. The Bertz CT molecular complexity index is 262. The molecule has 1 fully saturated rings. The average Bonchev–Trinajstić information content (AvgIpc) is 2.86. The first-order valence-electron chi connectivity index (χ1n) is 6.40. The summed E-state index contributed by atoms with van der Waals surface area (Å²) in [5, 5.41) is 2.70. The van der Waals surface area contributed by atoms with Crippen molar-refractivity contribution in [1.82, 2.24) is 10.2 Å². The van der Waals surface area contributed by atoms with Crippen molar-refractivity contribution in [1.29, 1.82) is 0 Å². The fourth-order valence-corrected chi connectivity index (χ4v) is 1.97. The van der Waals surface area contributed by atoms with Crippen LogP contribution in [0.15, 0.2) is 0 Å². The molecule has 0 aromatic heterocycles. The van der Waals surface area contributed by atoms with E-state index in [1.807, 2.05) is 11.8 Å². The first kappa shape index (κ1) is 14.0. The molecule has 98 valence electrons. The lowest BCUT2D eigenvalue weighted by Gasteiger charge is -2.17. The fraction of sp³-hybridized carbons (Fsp3) is 0.833. The molecule has 5 nitrogen and oxygen atoms in total. The Labute approximate surface area is 103 Å². The van der Waals surface area contributed by atoms with Crippen LogP contribution in [0.1, 0.15) is 32.6 Å². The van der Waals surface area contributed by atoms with E-state index in [0.717, 1.165) is 38.8 Å². The summed E-state index contributed by atoms with van der Waals surface area (Å²) in [7, 11) is 0. The Morgan fingerprint density at radius 2 is 2.00 bits per heavy atom. The molecule has 0 radical (unpaired) electrons. The first-order chi connectivity index (χ1) is 8.15. The predicted octanol–water partition coefficient (Wildman–Crippen LogP) is 0.100. The Morgan fingerprint density at radius 1 is 1.35 bits per heavy atom. The number of amides is 2. The Balaban J connectivity index is 2.20. The van der Waals surface area contributed by atoms with E-state index >= 15 is 0 Å². The van der Waals surface area contributed by atoms with Gasteiger partial charge in [0.15, 0.2) is 0 Å². The van der Waals surface area contributed by atoms with Crippen LogP contribution < -0.4 is 11.1 Å². The Kier molecular flexibility index (Phi) is 5.97. The highest BCUT2D eigenvalue weighted by atomic mass is 16.2. The van der Waals surface area contributed by atoms with Crippen molar-refractivity contribution in [3.8, 4) is 0 Å². The maximum Gasteiger partial charge on any atom is 0.241 e. The summed E-state index contributed by atoms with van der Waals surface area (Å²) in [6, 6.07) is 0. The third-order valence-corrected chi connectivity index (χ3v) is 3.16. The summed E-state index contributed by atoms with van der Waals surface area (Å²) in [6.45, 7) is 4.26. The van der Waals surface area contributed by atoms with E-state index in [1.54, 1.807) is 0 Å². The number of hydrogen-bond acceptors (Lipinski definition) is 3. The zero-order chi connectivity index (χ0) is 12.7. The summed E-state index contributed by atoms with van der Waals surface area (Å²) in [6.07, 6.45) is 3.77. The van der Waals surface area contributed by atoms with Crippen LogP contribution in [0.5, 0.6) is 0 Å². The zero-order valence-corrected chi connectivity index (χ0v) is 10.6. The van der Waals surface area contributed by atoms with E-state index in [2.05, 4.69) is 5.32 Å². The lowest BCUT2D eigenvalue weighted by atomic mass is 10.1. The van der Waals surface area contributed by atoms with Gasteiger partial charge in [-0.3, -0.25) is 9.59 Å². The molecule has 1 unspecified atom stereocenters. The number of nitrogens with one attached hydrogen (secondary N) is 1. The first-order valence-corrected chi connectivity index (χ1v) is 6.40. The quantitative estimate of drug-likeness (QED) is 0.692. The molecule has 2 amide bonds. The SMILES string of the molecule is CC(CCCN)C(=O)NCC(=O)N1CCCC1. The largest absolute Gasteiger partial charge is 0.347 e. The molecule has 1 saturated heterocycles. The van der Waals surface area contributed by atoms with E-state index in [0.29, 0.717) is 6.54 Å². The molecule has 1 atom stereocenters. The van der Waals surface area contributed by atoms with Gasteiger partial charge in [0.05, 0.1) is 6.54 Å². The topological polar surface area (TPSA) is 75.4 Å². The molecule has 1 aliphatic heterocycles. The van der Waals surface area contributed by atoms with Crippen molar-refractivity contribution < 1.29 is 9.59 Å². The smallest absolute Gasteiger partial charge is 0.241 e. The van der Waals surface area contributed by atoms with Crippen LogP contribution in [-0.2, 0) is 9.59 Å². The van der Waals surface area contributed by atoms with Gasteiger partial charge in [-0.25, -0.2) is 0 Å². The van der Waals surface area contributed by atoms with Gasteiger partial charge in [-0.15, -0.1) is 0 Å². The van der Waals surface area contributed by atoms with Gasteiger partial charge in [0.25, 0.3) is 0 Å². The number of carbonyl (C=O) groups is 2. The van der Waals surface area contributed by atoms with Gasteiger partial charge in [0, 0.05) is 19.0 Å². The molecule has 0 bridgehead atoms. The molecular weight excluding hydrogens is 218 g/mol. The molecule has 5 heteroatoms. The molecule has 0 aliphatic carbocycles. The monoisotopic (exact) mass is 241 g/mol. The summed E-state index contributed by atoms with van der Waals surface area (Å²) >= 11 is 0. The lowest BCUT2D eigenvalue weighted by Crippen LogP contribution is -2.40. The van der Waals surface area contributed by atoms with Crippen LogP contribution in [0.2, 0.25) is 0 Å². The van der Waals surface area contributed by atoms with Crippen molar-refractivity contribution in [2.75, 3.05) is 26.2 Å². The van der Waals surface area contributed by atoms with Gasteiger partial charge in [-0.05, 0) is 32.2 Å². The minimum absolute atomic E-state index is 0.0295. The minimum Gasteiger partial charge on any atom is -0.347 e. The number of carbonyl (C=O) groups excluding carboxylic acids is 2. The second-order valence-corrected chi connectivity index (χ2v) is 4.64. The molecule has 1 aliphatic rings. The van der Waals surface area contributed by atoms with Gasteiger partial charge in [-0.2, -0.15) is 0 Å². The van der Waals surface area contributed by atoms with E-state index in [4.69, 9.17) is 5.73 Å². The molecule has 3 N–H and O–H groups in total. The van der Waals surface area contributed by atoms with E-state index < -0.39 is 0 Å². The fourth-order valence-electron chi connectivity index (χ4n) is 1.97. The number of nitrogens with zero attached hydrogens (tertiary/aromatic N) is 1. The standard InChI is InChI=1S/C12H23N3O2/c1-10(5-4-6-13)12(17)14-9-11(16)15-7-2-3-8-15/h10H,2-9,13H2,1H3,(H,14,17). The summed E-state index contributed by atoms with van der Waals surface area (Å²) in [5.74, 6) is -0.0854. The summed E-state index contributed by atoms with van der Waals surface area (Å²) < 4.78 is 0. The molecule has 1 heterocycles. The van der Waals surface area contributed by atoms with E-state index in [1.165, 1.54) is 0 Å². The summed E-state index contributed by atoms with van der Waals surface area (Å²) in [5.41, 5.74) is 5.39. The molecule has 0 aromatic carbocycles. The number of hydrogen-bond donors (Lipinski definition) is 2. The van der Waals surface area contributed by atoms with Crippen LogP contribution in [0.4, 0.5) is 0 Å². The third kappa shape index (κ3) is 4.73. The zero-order valence-electron chi connectivity index (χ0n) is 10.6. The summed E-state index contributed by atoms with van der Waals surface area (Å²) in [4.78, 5) is 25.1.